The lowest BCUT2D eigenvalue weighted by molar-refractivity contribution is -0.384. The SMILES string of the molecule is Cc1nn(-c2ccccc2)c(C)c1CC(=O)OCc1ccc([N+](=O)[O-])cc1. The highest BCUT2D eigenvalue weighted by Gasteiger charge is 2.17. The van der Waals surface area contributed by atoms with Crippen molar-refractivity contribution in [3.8, 4) is 5.69 Å². The van der Waals surface area contributed by atoms with Crippen LogP contribution in [0.3, 0.4) is 0 Å². The number of rotatable bonds is 6. The molecule has 1 heterocycles. The number of carbonyl (C=O) groups excluding carboxylic acids is 1. The standard InChI is InChI=1S/C20H19N3O4/c1-14-19(15(2)22(21-14)17-6-4-3-5-7-17)12-20(24)27-13-16-8-10-18(11-9-16)23(25)26/h3-11H,12-13H2,1-2H3. The maximum atomic E-state index is 12.2. The number of nitro benzene ring substituents is 1. The summed E-state index contributed by atoms with van der Waals surface area (Å²) < 4.78 is 7.13. The summed E-state index contributed by atoms with van der Waals surface area (Å²) in [7, 11) is 0. The molecule has 0 spiro atoms. The summed E-state index contributed by atoms with van der Waals surface area (Å²) in [5.41, 5.74) is 4.15. The molecule has 7 heteroatoms. The molecule has 0 amide bonds. The van der Waals surface area contributed by atoms with Gasteiger partial charge in [0.2, 0.25) is 0 Å². The molecule has 0 unspecified atom stereocenters. The number of nitro groups is 1. The van der Waals surface area contributed by atoms with Crippen molar-refractivity contribution in [1.82, 2.24) is 9.78 Å². The van der Waals surface area contributed by atoms with Crippen LogP contribution in [0.1, 0.15) is 22.5 Å². The van der Waals surface area contributed by atoms with E-state index in [1.54, 1.807) is 12.1 Å². The Morgan fingerprint density at radius 3 is 2.41 bits per heavy atom. The van der Waals surface area contributed by atoms with Crippen LogP contribution in [0, 0.1) is 24.0 Å². The van der Waals surface area contributed by atoms with Crippen molar-refractivity contribution in [3.63, 3.8) is 0 Å². The van der Waals surface area contributed by atoms with E-state index in [1.165, 1.54) is 12.1 Å². The van der Waals surface area contributed by atoms with Gasteiger partial charge in [0.05, 0.1) is 22.7 Å². The molecule has 0 atom stereocenters. The summed E-state index contributed by atoms with van der Waals surface area (Å²) >= 11 is 0. The van der Waals surface area contributed by atoms with E-state index in [0.717, 1.165) is 22.6 Å². The summed E-state index contributed by atoms with van der Waals surface area (Å²) in [5, 5.41) is 15.2. The minimum atomic E-state index is -0.467. The third-order valence-corrected chi connectivity index (χ3v) is 4.31. The van der Waals surface area contributed by atoms with Crippen LogP contribution in [0.4, 0.5) is 5.69 Å². The average Bonchev–Trinajstić information content (AvgIpc) is 2.95. The van der Waals surface area contributed by atoms with Crippen molar-refractivity contribution >= 4 is 11.7 Å². The van der Waals surface area contributed by atoms with Gasteiger partial charge in [-0.15, -0.1) is 0 Å². The molecule has 0 aliphatic rings. The van der Waals surface area contributed by atoms with E-state index in [2.05, 4.69) is 5.10 Å². The van der Waals surface area contributed by atoms with Gasteiger partial charge < -0.3 is 4.74 Å². The molecule has 0 fully saturated rings. The first-order valence-corrected chi connectivity index (χ1v) is 8.45. The lowest BCUT2D eigenvalue weighted by Crippen LogP contribution is -2.09. The van der Waals surface area contributed by atoms with Crippen molar-refractivity contribution in [1.29, 1.82) is 0 Å². The van der Waals surface area contributed by atoms with Crippen molar-refractivity contribution < 1.29 is 14.5 Å². The largest absolute Gasteiger partial charge is 0.461 e. The molecule has 0 radical (unpaired) electrons. The Morgan fingerprint density at radius 1 is 1.11 bits per heavy atom. The number of hydrogen-bond donors (Lipinski definition) is 0. The van der Waals surface area contributed by atoms with E-state index < -0.39 is 4.92 Å². The average molecular weight is 365 g/mol. The summed E-state index contributed by atoms with van der Waals surface area (Å²) in [4.78, 5) is 22.4. The van der Waals surface area contributed by atoms with Gasteiger partial charge >= 0.3 is 5.97 Å². The van der Waals surface area contributed by atoms with Gasteiger partial charge in [0.25, 0.3) is 5.69 Å². The number of benzene rings is 2. The van der Waals surface area contributed by atoms with E-state index in [9.17, 15) is 14.9 Å². The molecule has 0 saturated carbocycles. The molecule has 138 valence electrons. The third-order valence-electron chi connectivity index (χ3n) is 4.31. The number of para-hydroxylation sites is 1. The van der Waals surface area contributed by atoms with E-state index in [4.69, 9.17) is 4.74 Å². The monoisotopic (exact) mass is 365 g/mol. The lowest BCUT2D eigenvalue weighted by atomic mass is 10.1. The Bertz CT molecular complexity index is 963. The molecule has 0 N–H and O–H groups in total. The number of hydrogen-bond acceptors (Lipinski definition) is 5. The third kappa shape index (κ3) is 4.20. The predicted molar refractivity (Wildman–Crippen MR) is 99.6 cm³/mol. The van der Waals surface area contributed by atoms with Crippen LogP contribution in [-0.2, 0) is 22.6 Å². The Balaban J connectivity index is 1.66. The molecule has 0 aliphatic heterocycles. The predicted octanol–water partition coefficient (Wildman–Crippen LogP) is 3.68. The zero-order valence-corrected chi connectivity index (χ0v) is 15.1. The fraction of sp³-hybridized carbons (Fsp3) is 0.200. The van der Waals surface area contributed by atoms with Crippen LogP contribution >= 0.6 is 0 Å². The second-order valence-corrected chi connectivity index (χ2v) is 6.16. The lowest BCUT2D eigenvalue weighted by Gasteiger charge is -2.07. The summed E-state index contributed by atoms with van der Waals surface area (Å²) in [6, 6.07) is 15.7. The van der Waals surface area contributed by atoms with Crippen molar-refractivity contribution in [2.45, 2.75) is 26.9 Å². The topological polar surface area (TPSA) is 87.3 Å². The number of non-ortho nitro benzene ring substituents is 1. The Labute approximate surface area is 156 Å². The van der Waals surface area contributed by atoms with Crippen molar-refractivity contribution in [3.05, 3.63) is 87.2 Å². The van der Waals surface area contributed by atoms with Crippen LogP contribution in [0.15, 0.2) is 54.6 Å². The number of aryl methyl sites for hydroxylation is 1. The molecular weight excluding hydrogens is 346 g/mol. The van der Waals surface area contributed by atoms with Crippen LogP contribution in [0.2, 0.25) is 0 Å². The second-order valence-electron chi connectivity index (χ2n) is 6.16. The Hall–Kier alpha value is -3.48. The molecule has 1 aromatic heterocycles. The minimum absolute atomic E-state index is 0.00431. The number of nitrogens with zero attached hydrogens (tertiary/aromatic N) is 3. The van der Waals surface area contributed by atoms with Gasteiger partial charge in [-0.25, -0.2) is 4.68 Å². The highest BCUT2D eigenvalue weighted by atomic mass is 16.6. The maximum absolute atomic E-state index is 12.2. The maximum Gasteiger partial charge on any atom is 0.310 e. The van der Waals surface area contributed by atoms with Crippen LogP contribution < -0.4 is 0 Å². The van der Waals surface area contributed by atoms with Crippen LogP contribution in [-0.4, -0.2) is 20.7 Å². The van der Waals surface area contributed by atoms with E-state index in [1.807, 2.05) is 48.9 Å². The van der Waals surface area contributed by atoms with Crippen LogP contribution in [0.5, 0.6) is 0 Å². The minimum Gasteiger partial charge on any atom is -0.461 e. The second kappa shape index (κ2) is 7.82. The van der Waals surface area contributed by atoms with E-state index in [-0.39, 0.29) is 24.7 Å². The Kier molecular flexibility index (Phi) is 5.30. The zero-order chi connectivity index (χ0) is 19.4. The molecule has 7 nitrogen and oxygen atoms in total. The van der Waals surface area contributed by atoms with Crippen molar-refractivity contribution in [2.75, 3.05) is 0 Å². The normalized spacial score (nSPS) is 10.6. The highest BCUT2D eigenvalue weighted by molar-refractivity contribution is 5.73. The molecule has 27 heavy (non-hydrogen) atoms. The fourth-order valence-corrected chi connectivity index (χ4v) is 2.82. The number of ether oxygens (including phenoxy) is 1. The zero-order valence-electron chi connectivity index (χ0n) is 15.1. The van der Waals surface area contributed by atoms with Crippen molar-refractivity contribution in [2.24, 2.45) is 0 Å². The molecule has 3 rings (SSSR count). The Morgan fingerprint density at radius 2 is 1.78 bits per heavy atom. The van der Waals surface area contributed by atoms with E-state index >= 15 is 0 Å². The number of carbonyl (C=O) groups is 1. The first-order valence-electron chi connectivity index (χ1n) is 8.45. The first kappa shape index (κ1) is 18.3. The van der Waals surface area contributed by atoms with E-state index in [0.29, 0.717) is 5.56 Å². The van der Waals surface area contributed by atoms with Gasteiger partial charge in [0, 0.05) is 23.4 Å². The number of aromatic nitrogens is 2. The van der Waals surface area contributed by atoms with Gasteiger partial charge in [-0.2, -0.15) is 5.10 Å². The van der Waals surface area contributed by atoms with Gasteiger partial charge in [0.1, 0.15) is 6.61 Å². The molecule has 2 aromatic carbocycles. The van der Waals surface area contributed by atoms with Gasteiger partial charge in [-0.05, 0) is 43.7 Å². The molecule has 0 saturated heterocycles. The first-order chi connectivity index (χ1) is 13.0. The molecule has 0 bridgehead atoms. The number of esters is 1. The molecular formula is C20H19N3O4. The summed E-state index contributed by atoms with van der Waals surface area (Å²) in [6.45, 7) is 3.86. The molecule has 3 aromatic rings. The molecule has 0 aliphatic carbocycles. The highest BCUT2D eigenvalue weighted by Crippen LogP contribution is 2.19. The van der Waals surface area contributed by atoms with Gasteiger partial charge in [-0.3, -0.25) is 14.9 Å². The summed E-state index contributed by atoms with van der Waals surface area (Å²) in [6.07, 6.45) is 0.123. The quantitative estimate of drug-likeness (QED) is 0.378. The van der Waals surface area contributed by atoms with Gasteiger partial charge in [0.15, 0.2) is 0 Å². The van der Waals surface area contributed by atoms with Crippen LogP contribution in [0.25, 0.3) is 5.69 Å². The fourth-order valence-electron chi connectivity index (χ4n) is 2.82. The summed E-state index contributed by atoms with van der Waals surface area (Å²) in [5.74, 6) is -0.368. The smallest absolute Gasteiger partial charge is 0.310 e. The van der Waals surface area contributed by atoms with Gasteiger partial charge in [-0.1, -0.05) is 18.2 Å².